The number of hydrogen-bond donors (Lipinski definition) is 2. The lowest BCUT2D eigenvalue weighted by atomic mass is 9.85. The second-order valence-electron chi connectivity index (χ2n) is 5.24. The van der Waals surface area contributed by atoms with Crippen molar-refractivity contribution in [3.05, 3.63) is 42.2 Å². The minimum atomic E-state index is -0.105. The largest absolute Gasteiger partial charge is 0.399 e. The maximum atomic E-state index is 12.0. The van der Waals surface area contributed by atoms with E-state index in [2.05, 4.69) is 10.4 Å². The third kappa shape index (κ3) is 2.66. The highest BCUT2D eigenvalue weighted by Crippen LogP contribution is 2.25. The van der Waals surface area contributed by atoms with E-state index in [1.807, 2.05) is 24.3 Å². The van der Waals surface area contributed by atoms with E-state index in [4.69, 9.17) is 5.73 Å². The highest BCUT2D eigenvalue weighted by atomic mass is 16.1. The highest BCUT2D eigenvalue weighted by Gasteiger charge is 2.19. The Morgan fingerprint density at radius 1 is 1.30 bits per heavy atom. The number of amides is 1. The monoisotopic (exact) mass is 270 g/mol. The summed E-state index contributed by atoms with van der Waals surface area (Å²) in [6, 6.07) is 9.10. The molecule has 0 radical (unpaired) electrons. The van der Waals surface area contributed by atoms with E-state index in [-0.39, 0.29) is 5.91 Å². The van der Waals surface area contributed by atoms with Gasteiger partial charge in [0.05, 0.1) is 5.69 Å². The lowest BCUT2D eigenvalue weighted by Gasteiger charge is -2.25. The van der Waals surface area contributed by atoms with Crippen LogP contribution in [0.2, 0.25) is 0 Å². The van der Waals surface area contributed by atoms with Crippen LogP contribution in [0, 0.1) is 5.92 Å². The van der Waals surface area contributed by atoms with Gasteiger partial charge in [-0.15, -0.1) is 0 Å². The summed E-state index contributed by atoms with van der Waals surface area (Å²) in [6.07, 6.45) is 5.51. The first-order valence-electron chi connectivity index (χ1n) is 6.92. The van der Waals surface area contributed by atoms with Crippen LogP contribution < -0.4 is 11.1 Å². The first kappa shape index (κ1) is 12.7. The first-order valence-corrected chi connectivity index (χ1v) is 6.92. The zero-order valence-electron chi connectivity index (χ0n) is 11.2. The quantitative estimate of drug-likeness (QED) is 0.834. The molecule has 0 aliphatic heterocycles. The van der Waals surface area contributed by atoms with E-state index >= 15 is 0 Å². The van der Waals surface area contributed by atoms with E-state index < -0.39 is 0 Å². The number of carbonyl (C=O) groups is 1. The Labute approximate surface area is 117 Å². The van der Waals surface area contributed by atoms with Crippen molar-refractivity contribution in [1.29, 1.82) is 0 Å². The summed E-state index contributed by atoms with van der Waals surface area (Å²) >= 11 is 0. The van der Waals surface area contributed by atoms with Crippen LogP contribution in [-0.4, -0.2) is 22.2 Å². The molecule has 1 amide bonds. The van der Waals surface area contributed by atoms with Crippen molar-refractivity contribution in [3.8, 4) is 5.69 Å². The van der Waals surface area contributed by atoms with Crippen LogP contribution in [-0.2, 0) is 0 Å². The summed E-state index contributed by atoms with van der Waals surface area (Å²) in [4.78, 5) is 12.0. The molecule has 20 heavy (non-hydrogen) atoms. The number of hydrogen-bond acceptors (Lipinski definition) is 3. The number of carbonyl (C=O) groups excluding carboxylic acids is 1. The molecule has 1 aliphatic rings. The summed E-state index contributed by atoms with van der Waals surface area (Å²) in [5.74, 6) is 0.546. The van der Waals surface area contributed by atoms with Crippen LogP contribution in [0.25, 0.3) is 5.69 Å². The Hall–Kier alpha value is -2.30. The Morgan fingerprint density at radius 3 is 2.70 bits per heavy atom. The van der Waals surface area contributed by atoms with E-state index in [1.165, 1.54) is 19.3 Å². The molecule has 0 spiro atoms. The molecule has 0 saturated heterocycles. The number of rotatable bonds is 4. The second-order valence-corrected chi connectivity index (χ2v) is 5.24. The smallest absolute Gasteiger partial charge is 0.271 e. The summed E-state index contributed by atoms with van der Waals surface area (Å²) < 4.78 is 1.68. The van der Waals surface area contributed by atoms with Crippen molar-refractivity contribution in [3.63, 3.8) is 0 Å². The van der Waals surface area contributed by atoms with E-state index in [1.54, 1.807) is 16.9 Å². The number of nitrogens with two attached hydrogens (primary N) is 1. The van der Waals surface area contributed by atoms with E-state index in [9.17, 15) is 4.79 Å². The molecular formula is C15H18N4O. The number of benzene rings is 1. The molecule has 1 heterocycles. The maximum absolute atomic E-state index is 12.0. The van der Waals surface area contributed by atoms with Crippen molar-refractivity contribution in [2.45, 2.75) is 19.3 Å². The average Bonchev–Trinajstić information content (AvgIpc) is 2.87. The van der Waals surface area contributed by atoms with Crippen molar-refractivity contribution in [1.82, 2.24) is 15.1 Å². The number of aromatic nitrogens is 2. The SMILES string of the molecule is Nc1ccc(-n2ccc(C(=O)NCC3CCC3)n2)cc1. The first-order chi connectivity index (χ1) is 9.72. The predicted molar refractivity (Wildman–Crippen MR) is 77.7 cm³/mol. The van der Waals surface area contributed by atoms with E-state index in [0.29, 0.717) is 17.3 Å². The van der Waals surface area contributed by atoms with Crippen LogP contribution in [0.3, 0.4) is 0 Å². The molecule has 5 nitrogen and oxygen atoms in total. The third-order valence-electron chi connectivity index (χ3n) is 3.76. The van der Waals surface area contributed by atoms with E-state index in [0.717, 1.165) is 12.2 Å². The average molecular weight is 270 g/mol. The van der Waals surface area contributed by atoms with Gasteiger partial charge in [0.25, 0.3) is 5.91 Å². The molecule has 3 N–H and O–H groups in total. The molecule has 0 bridgehead atoms. The van der Waals surface area contributed by atoms with Crippen LogP contribution in [0.15, 0.2) is 36.5 Å². The van der Waals surface area contributed by atoms with Crippen LogP contribution in [0.1, 0.15) is 29.8 Å². The third-order valence-corrected chi connectivity index (χ3v) is 3.76. The molecule has 1 saturated carbocycles. The minimum absolute atomic E-state index is 0.105. The Bertz CT molecular complexity index is 599. The van der Waals surface area contributed by atoms with Gasteiger partial charge in [-0.3, -0.25) is 4.79 Å². The summed E-state index contributed by atoms with van der Waals surface area (Å²) in [5, 5.41) is 7.24. The standard InChI is InChI=1S/C15H18N4O/c16-12-4-6-13(7-5-12)19-9-8-14(18-19)15(20)17-10-11-2-1-3-11/h4-9,11H,1-3,10,16H2,(H,17,20). The predicted octanol–water partition coefficient (Wildman–Crippen LogP) is 1.98. The van der Waals surface area contributed by atoms with Crippen LogP contribution in [0.4, 0.5) is 5.69 Å². The van der Waals surface area contributed by atoms with Gasteiger partial charge in [0.2, 0.25) is 0 Å². The van der Waals surface area contributed by atoms with Crippen LogP contribution in [0.5, 0.6) is 0 Å². The Kier molecular flexibility index (Phi) is 3.41. The fraction of sp³-hybridized carbons (Fsp3) is 0.333. The van der Waals surface area contributed by atoms with Gasteiger partial charge < -0.3 is 11.1 Å². The fourth-order valence-corrected chi connectivity index (χ4v) is 2.24. The molecule has 5 heteroatoms. The highest BCUT2D eigenvalue weighted by molar-refractivity contribution is 5.92. The van der Waals surface area contributed by atoms with Gasteiger partial charge in [-0.1, -0.05) is 6.42 Å². The zero-order chi connectivity index (χ0) is 13.9. The number of nitrogen functional groups attached to an aromatic ring is 1. The molecule has 1 aliphatic carbocycles. The molecule has 0 unspecified atom stereocenters. The molecule has 2 aromatic rings. The zero-order valence-corrected chi connectivity index (χ0v) is 11.2. The molecular weight excluding hydrogens is 252 g/mol. The fourth-order valence-electron chi connectivity index (χ4n) is 2.24. The summed E-state index contributed by atoms with van der Waals surface area (Å²) in [7, 11) is 0. The Morgan fingerprint density at radius 2 is 2.05 bits per heavy atom. The number of nitrogens with one attached hydrogen (secondary N) is 1. The summed E-state index contributed by atoms with van der Waals surface area (Å²) in [6.45, 7) is 0.758. The number of nitrogens with zero attached hydrogens (tertiary/aromatic N) is 2. The lowest BCUT2D eigenvalue weighted by molar-refractivity contribution is 0.0933. The molecule has 3 rings (SSSR count). The van der Waals surface area contributed by atoms with Gasteiger partial charge in [0, 0.05) is 18.4 Å². The van der Waals surface area contributed by atoms with Crippen molar-refractivity contribution >= 4 is 11.6 Å². The topological polar surface area (TPSA) is 72.9 Å². The van der Waals surface area contributed by atoms with Crippen molar-refractivity contribution < 1.29 is 4.79 Å². The minimum Gasteiger partial charge on any atom is -0.399 e. The van der Waals surface area contributed by atoms with Gasteiger partial charge in [-0.05, 0) is 49.1 Å². The van der Waals surface area contributed by atoms with Gasteiger partial charge in [-0.25, -0.2) is 4.68 Å². The molecule has 104 valence electrons. The summed E-state index contributed by atoms with van der Waals surface area (Å²) in [5.41, 5.74) is 7.69. The molecule has 1 aromatic heterocycles. The molecule has 1 fully saturated rings. The van der Waals surface area contributed by atoms with Gasteiger partial charge in [-0.2, -0.15) is 5.10 Å². The lowest BCUT2D eigenvalue weighted by Crippen LogP contribution is -2.32. The van der Waals surface area contributed by atoms with Crippen LogP contribution >= 0.6 is 0 Å². The van der Waals surface area contributed by atoms with Gasteiger partial charge in [0.1, 0.15) is 0 Å². The van der Waals surface area contributed by atoms with Gasteiger partial charge >= 0.3 is 0 Å². The Balaban J connectivity index is 1.66. The second kappa shape index (κ2) is 5.36. The normalized spacial score (nSPS) is 14.8. The van der Waals surface area contributed by atoms with Crippen molar-refractivity contribution in [2.24, 2.45) is 5.92 Å². The molecule has 0 atom stereocenters. The van der Waals surface area contributed by atoms with Crippen molar-refractivity contribution in [2.75, 3.05) is 12.3 Å². The molecule has 1 aromatic carbocycles. The number of anilines is 1. The maximum Gasteiger partial charge on any atom is 0.271 e. The van der Waals surface area contributed by atoms with Gasteiger partial charge in [0.15, 0.2) is 5.69 Å².